The van der Waals surface area contributed by atoms with Gasteiger partial charge in [0.05, 0.1) is 6.04 Å². The Morgan fingerprint density at radius 3 is 2.92 bits per heavy atom. The largest absolute Gasteiger partial charge is 0.371 e. The second-order valence-corrected chi connectivity index (χ2v) is 3.79. The van der Waals surface area contributed by atoms with E-state index >= 15 is 0 Å². The Labute approximate surface area is 79.4 Å². The molecule has 2 N–H and O–H groups in total. The van der Waals surface area contributed by atoms with Gasteiger partial charge >= 0.3 is 0 Å². The summed E-state index contributed by atoms with van der Waals surface area (Å²) in [6.07, 6.45) is 8.98. The normalized spacial score (nSPS) is 31.5. The summed E-state index contributed by atoms with van der Waals surface area (Å²) in [7, 11) is 2.14. The summed E-state index contributed by atoms with van der Waals surface area (Å²) in [5.41, 5.74) is 8.21. The van der Waals surface area contributed by atoms with Gasteiger partial charge in [-0.25, -0.2) is 0 Å². The van der Waals surface area contributed by atoms with Crippen molar-refractivity contribution < 1.29 is 0 Å². The van der Waals surface area contributed by atoms with Crippen molar-refractivity contribution in [2.24, 2.45) is 11.7 Å². The molecular formula is C11H16N2. The standard InChI is InChI=1S/C11H16N2/c1-8-5-10-4-3-9(7-12)6-11(10)13(8)2/h3-6,10-11H,7,12H2,1-2H3. The molecule has 2 rings (SSSR count). The lowest BCUT2D eigenvalue weighted by molar-refractivity contribution is 0.355. The van der Waals surface area contributed by atoms with Crippen molar-refractivity contribution in [3.05, 3.63) is 35.6 Å². The molecule has 2 aliphatic rings. The van der Waals surface area contributed by atoms with E-state index in [1.54, 1.807) is 0 Å². The highest BCUT2D eigenvalue weighted by molar-refractivity contribution is 5.35. The Morgan fingerprint density at radius 2 is 2.23 bits per heavy atom. The van der Waals surface area contributed by atoms with Crippen molar-refractivity contribution in [2.45, 2.75) is 13.0 Å². The van der Waals surface area contributed by atoms with E-state index in [1.165, 1.54) is 11.3 Å². The molecule has 0 aromatic heterocycles. The number of nitrogens with zero attached hydrogens (tertiary/aromatic N) is 1. The summed E-state index contributed by atoms with van der Waals surface area (Å²) in [6.45, 7) is 2.80. The lowest BCUT2D eigenvalue weighted by Crippen LogP contribution is -2.30. The van der Waals surface area contributed by atoms with E-state index < -0.39 is 0 Å². The van der Waals surface area contributed by atoms with E-state index in [0.717, 1.165) is 0 Å². The van der Waals surface area contributed by atoms with Crippen LogP contribution in [0.4, 0.5) is 0 Å². The topological polar surface area (TPSA) is 29.3 Å². The minimum absolute atomic E-state index is 0.503. The van der Waals surface area contributed by atoms with Crippen LogP contribution in [0.2, 0.25) is 0 Å². The predicted octanol–water partition coefficient (Wildman–Crippen LogP) is 1.28. The van der Waals surface area contributed by atoms with Crippen LogP contribution < -0.4 is 5.73 Å². The number of likely N-dealkylation sites (N-methyl/N-ethyl adjacent to an activating group) is 1. The van der Waals surface area contributed by atoms with Crippen molar-refractivity contribution in [1.82, 2.24) is 4.90 Å². The van der Waals surface area contributed by atoms with Crippen molar-refractivity contribution >= 4 is 0 Å². The van der Waals surface area contributed by atoms with Crippen LogP contribution in [0, 0.1) is 5.92 Å². The quantitative estimate of drug-likeness (QED) is 0.652. The summed E-state index contributed by atoms with van der Waals surface area (Å²) >= 11 is 0. The number of hydrogen-bond acceptors (Lipinski definition) is 2. The third-order valence-electron chi connectivity index (χ3n) is 2.98. The maximum Gasteiger partial charge on any atom is 0.0571 e. The maximum atomic E-state index is 5.61. The molecule has 70 valence electrons. The van der Waals surface area contributed by atoms with Crippen LogP contribution in [0.5, 0.6) is 0 Å². The van der Waals surface area contributed by atoms with E-state index in [-0.39, 0.29) is 0 Å². The molecule has 1 aliphatic carbocycles. The zero-order valence-electron chi connectivity index (χ0n) is 8.20. The number of hydrogen-bond donors (Lipinski definition) is 1. The fourth-order valence-electron chi connectivity index (χ4n) is 2.03. The van der Waals surface area contributed by atoms with E-state index in [9.17, 15) is 0 Å². The van der Waals surface area contributed by atoms with Gasteiger partial charge in [0.25, 0.3) is 0 Å². The number of fused-ring (bicyclic) bond motifs is 1. The molecule has 0 saturated heterocycles. The molecule has 2 heteroatoms. The van der Waals surface area contributed by atoms with Crippen molar-refractivity contribution in [2.75, 3.05) is 13.6 Å². The Morgan fingerprint density at radius 1 is 1.46 bits per heavy atom. The smallest absolute Gasteiger partial charge is 0.0571 e. The van der Waals surface area contributed by atoms with E-state index in [2.05, 4.69) is 43.2 Å². The lowest BCUT2D eigenvalue weighted by atomic mass is 9.93. The highest BCUT2D eigenvalue weighted by Gasteiger charge is 2.28. The third-order valence-corrected chi connectivity index (χ3v) is 2.98. The number of rotatable bonds is 1. The van der Waals surface area contributed by atoms with Gasteiger partial charge in [0.1, 0.15) is 0 Å². The average Bonchev–Trinajstić information content (AvgIpc) is 2.43. The van der Waals surface area contributed by atoms with Gasteiger partial charge in [0, 0.05) is 25.2 Å². The second-order valence-electron chi connectivity index (χ2n) is 3.79. The molecule has 13 heavy (non-hydrogen) atoms. The summed E-state index contributed by atoms with van der Waals surface area (Å²) in [4.78, 5) is 2.31. The van der Waals surface area contributed by atoms with E-state index in [4.69, 9.17) is 5.73 Å². The first-order chi connectivity index (χ1) is 6.22. The first-order valence-electron chi connectivity index (χ1n) is 4.72. The molecule has 2 unspecified atom stereocenters. The molecule has 0 spiro atoms. The monoisotopic (exact) mass is 176 g/mol. The van der Waals surface area contributed by atoms with Crippen LogP contribution in [0.25, 0.3) is 0 Å². The fraction of sp³-hybridized carbons (Fsp3) is 0.455. The van der Waals surface area contributed by atoms with E-state index in [1.807, 2.05) is 0 Å². The zero-order chi connectivity index (χ0) is 9.42. The molecule has 0 aromatic carbocycles. The molecule has 0 saturated carbocycles. The Balaban J connectivity index is 2.25. The zero-order valence-corrected chi connectivity index (χ0v) is 8.20. The van der Waals surface area contributed by atoms with Gasteiger partial charge in [0.2, 0.25) is 0 Å². The van der Waals surface area contributed by atoms with Gasteiger partial charge in [0.15, 0.2) is 0 Å². The third kappa shape index (κ3) is 1.31. The molecule has 2 atom stereocenters. The van der Waals surface area contributed by atoms with Gasteiger partial charge < -0.3 is 10.6 Å². The lowest BCUT2D eigenvalue weighted by Gasteiger charge is -2.27. The SMILES string of the molecule is CC1=CC2C=CC(CN)=CC2N1C. The van der Waals surface area contributed by atoms with Gasteiger partial charge in [-0.2, -0.15) is 0 Å². The van der Waals surface area contributed by atoms with E-state index in [0.29, 0.717) is 18.5 Å². The molecule has 0 aromatic rings. The van der Waals surface area contributed by atoms with Gasteiger partial charge in [-0.15, -0.1) is 0 Å². The van der Waals surface area contributed by atoms with Gasteiger partial charge in [-0.1, -0.05) is 24.3 Å². The molecular weight excluding hydrogens is 160 g/mol. The van der Waals surface area contributed by atoms with Gasteiger partial charge in [-0.3, -0.25) is 0 Å². The van der Waals surface area contributed by atoms with Crippen LogP contribution in [0.3, 0.4) is 0 Å². The molecule has 1 aliphatic heterocycles. The van der Waals surface area contributed by atoms with Gasteiger partial charge in [-0.05, 0) is 12.5 Å². The highest BCUT2D eigenvalue weighted by Crippen LogP contribution is 2.30. The Hall–Kier alpha value is -1.02. The summed E-state index contributed by atoms with van der Waals surface area (Å²) in [6, 6.07) is 0.503. The first-order valence-corrected chi connectivity index (χ1v) is 4.72. The predicted molar refractivity (Wildman–Crippen MR) is 55.1 cm³/mol. The van der Waals surface area contributed by atoms with Crippen LogP contribution in [-0.4, -0.2) is 24.5 Å². The Bertz CT molecular complexity index is 299. The van der Waals surface area contributed by atoms with Crippen molar-refractivity contribution in [3.8, 4) is 0 Å². The Kier molecular flexibility index (Phi) is 2.00. The highest BCUT2D eigenvalue weighted by atomic mass is 15.2. The summed E-state index contributed by atoms with van der Waals surface area (Å²) in [5, 5.41) is 0. The molecule has 0 fully saturated rings. The molecule has 0 bridgehead atoms. The van der Waals surface area contributed by atoms with Crippen LogP contribution in [-0.2, 0) is 0 Å². The fourth-order valence-corrected chi connectivity index (χ4v) is 2.03. The molecule has 2 nitrogen and oxygen atoms in total. The first kappa shape index (κ1) is 8.57. The summed E-state index contributed by atoms with van der Waals surface area (Å²) in [5.74, 6) is 0.556. The molecule has 0 amide bonds. The molecule has 1 heterocycles. The van der Waals surface area contributed by atoms with Crippen molar-refractivity contribution in [3.63, 3.8) is 0 Å². The number of nitrogens with two attached hydrogens (primary N) is 1. The minimum Gasteiger partial charge on any atom is -0.371 e. The van der Waals surface area contributed by atoms with Crippen LogP contribution in [0.15, 0.2) is 35.6 Å². The minimum atomic E-state index is 0.503. The summed E-state index contributed by atoms with van der Waals surface area (Å²) < 4.78 is 0. The van der Waals surface area contributed by atoms with Crippen LogP contribution in [0.1, 0.15) is 6.92 Å². The maximum absolute atomic E-state index is 5.61. The average molecular weight is 176 g/mol. The van der Waals surface area contributed by atoms with Crippen LogP contribution >= 0.6 is 0 Å². The van der Waals surface area contributed by atoms with Crippen molar-refractivity contribution in [1.29, 1.82) is 0 Å². The molecule has 0 radical (unpaired) electrons. The second kappa shape index (κ2) is 3.04. The number of allylic oxidation sites excluding steroid dienone is 1.